The van der Waals surface area contributed by atoms with E-state index in [4.69, 9.17) is 4.42 Å². The fourth-order valence-corrected chi connectivity index (χ4v) is 1.95. The van der Waals surface area contributed by atoms with Gasteiger partial charge in [-0.05, 0) is 37.6 Å². The summed E-state index contributed by atoms with van der Waals surface area (Å²) in [6.07, 6.45) is 2.05. The summed E-state index contributed by atoms with van der Waals surface area (Å²) in [6.45, 7) is 5.15. The van der Waals surface area contributed by atoms with Gasteiger partial charge in [0.15, 0.2) is 5.82 Å². The Bertz CT molecular complexity index is 483. The molecular formula is C13H17ClFNO. The molecule has 0 spiro atoms. The number of fused-ring (bicyclic) bond motifs is 1. The van der Waals surface area contributed by atoms with Crippen molar-refractivity contribution in [1.29, 1.82) is 0 Å². The molecule has 17 heavy (non-hydrogen) atoms. The molecule has 2 rings (SSSR count). The molecule has 0 aliphatic carbocycles. The number of furan rings is 1. The van der Waals surface area contributed by atoms with Gasteiger partial charge in [0.1, 0.15) is 11.8 Å². The average Bonchev–Trinajstić information content (AvgIpc) is 2.61. The molecule has 2 aromatic rings. The second-order valence-electron chi connectivity index (χ2n) is 4.08. The Morgan fingerprint density at radius 1 is 1.41 bits per heavy atom. The molecular weight excluding hydrogens is 241 g/mol. The van der Waals surface area contributed by atoms with Crippen LogP contribution in [0.15, 0.2) is 28.9 Å². The van der Waals surface area contributed by atoms with Crippen molar-refractivity contribution in [2.75, 3.05) is 6.54 Å². The summed E-state index contributed by atoms with van der Waals surface area (Å²) in [4.78, 5) is 0. The van der Waals surface area contributed by atoms with Crippen molar-refractivity contribution in [3.63, 3.8) is 0 Å². The second kappa shape index (κ2) is 6.03. The Morgan fingerprint density at radius 2 is 2.18 bits per heavy atom. The zero-order chi connectivity index (χ0) is 11.5. The molecule has 1 atom stereocenters. The van der Waals surface area contributed by atoms with Crippen molar-refractivity contribution < 1.29 is 8.81 Å². The molecule has 1 N–H and O–H groups in total. The second-order valence-corrected chi connectivity index (χ2v) is 4.08. The van der Waals surface area contributed by atoms with Gasteiger partial charge in [-0.3, -0.25) is 0 Å². The standard InChI is InChI=1S/C13H16FNO.ClH/c1-3-15-9(2)6-10-4-5-13-11(7-10)12(14)8-16-13;/h4-5,7-9,15H,3,6H2,1-2H3;1H. The van der Waals surface area contributed by atoms with Crippen molar-refractivity contribution >= 4 is 23.4 Å². The zero-order valence-electron chi connectivity index (χ0n) is 10.00. The van der Waals surface area contributed by atoms with Crippen molar-refractivity contribution in [2.24, 2.45) is 0 Å². The summed E-state index contributed by atoms with van der Waals surface area (Å²) >= 11 is 0. The number of hydrogen-bond donors (Lipinski definition) is 1. The molecule has 0 bridgehead atoms. The average molecular weight is 258 g/mol. The van der Waals surface area contributed by atoms with E-state index >= 15 is 0 Å². The van der Waals surface area contributed by atoms with E-state index in [0.29, 0.717) is 17.0 Å². The van der Waals surface area contributed by atoms with Gasteiger partial charge in [0.25, 0.3) is 0 Å². The number of likely N-dealkylation sites (N-methyl/N-ethyl adjacent to an activating group) is 1. The Morgan fingerprint density at radius 3 is 2.88 bits per heavy atom. The molecule has 0 saturated carbocycles. The molecule has 1 unspecified atom stereocenters. The van der Waals surface area contributed by atoms with Crippen molar-refractivity contribution in [3.8, 4) is 0 Å². The maximum Gasteiger partial charge on any atom is 0.169 e. The van der Waals surface area contributed by atoms with Gasteiger partial charge in [-0.25, -0.2) is 4.39 Å². The summed E-state index contributed by atoms with van der Waals surface area (Å²) in [5.74, 6) is -0.284. The van der Waals surface area contributed by atoms with Crippen molar-refractivity contribution in [3.05, 3.63) is 35.8 Å². The van der Waals surface area contributed by atoms with Gasteiger partial charge in [-0.1, -0.05) is 13.0 Å². The minimum absolute atomic E-state index is 0. The lowest BCUT2D eigenvalue weighted by Gasteiger charge is -2.11. The van der Waals surface area contributed by atoms with Crippen LogP contribution in [-0.2, 0) is 6.42 Å². The van der Waals surface area contributed by atoms with E-state index in [-0.39, 0.29) is 18.2 Å². The molecule has 0 amide bonds. The van der Waals surface area contributed by atoms with E-state index < -0.39 is 0 Å². The maximum absolute atomic E-state index is 13.3. The normalized spacial score (nSPS) is 12.4. The molecule has 94 valence electrons. The predicted octanol–water partition coefficient (Wildman–Crippen LogP) is 3.53. The predicted molar refractivity (Wildman–Crippen MR) is 70.3 cm³/mol. The first kappa shape index (κ1) is 14.0. The maximum atomic E-state index is 13.3. The molecule has 0 aliphatic heterocycles. The summed E-state index contributed by atoms with van der Waals surface area (Å²) in [7, 11) is 0. The molecule has 0 fully saturated rings. The van der Waals surface area contributed by atoms with E-state index in [9.17, 15) is 4.39 Å². The first-order chi connectivity index (χ1) is 7.70. The molecule has 1 aromatic carbocycles. The van der Waals surface area contributed by atoms with Crippen LogP contribution in [0.2, 0.25) is 0 Å². The Hall–Kier alpha value is -1.06. The Balaban J connectivity index is 0.00000144. The quantitative estimate of drug-likeness (QED) is 0.906. The summed E-state index contributed by atoms with van der Waals surface area (Å²) in [6, 6.07) is 6.07. The fraction of sp³-hybridized carbons (Fsp3) is 0.385. The smallest absolute Gasteiger partial charge is 0.169 e. The third-order valence-electron chi connectivity index (χ3n) is 2.69. The largest absolute Gasteiger partial charge is 0.461 e. The lowest BCUT2D eigenvalue weighted by atomic mass is 10.1. The number of benzene rings is 1. The minimum atomic E-state index is -0.284. The topological polar surface area (TPSA) is 25.2 Å². The number of halogens is 2. The Kier molecular flexibility index (Phi) is 4.97. The van der Waals surface area contributed by atoms with Crippen LogP contribution >= 0.6 is 12.4 Å². The zero-order valence-corrected chi connectivity index (χ0v) is 10.8. The van der Waals surface area contributed by atoms with Gasteiger partial charge >= 0.3 is 0 Å². The van der Waals surface area contributed by atoms with Gasteiger partial charge in [0, 0.05) is 6.04 Å². The van der Waals surface area contributed by atoms with Gasteiger partial charge in [0.2, 0.25) is 0 Å². The van der Waals surface area contributed by atoms with E-state index in [1.807, 2.05) is 18.2 Å². The van der Waals surface area contributed by atoms with Crippen molar-refractivity contribution in [1.82, 2.24) is 5.32 Å². The first-order valence-electron chi connectivity index (χ1n) is 5.59. The van der Waals surface area contributed by atoms with Crippen LogP contribution < -0.4 is 5.32 Å². The van der Waals surface area contributed by atoms with E-state index in [0.717, 1.165) is 24.8 Å². The number of hydrogen-bond acceptors (Lipinski definition) is 2. The molecule has 1 heterocycles. The monoisotopic (exact) mass is 257 g/mol. The van der Waals surface area contributed by atoms with Gasteiger partial charge in [0.05, 0.1) is 5.39 Å². The van der Waals surface area contributed by atoms with Crippen molar-refractivity contribution in [2.45, 2.75) is 26.3 Å². The third-order valence-corrected chi connectivity index (χ3v) is 2.69. The van der Waals surface area contributed by atoms with Crippen LogP contribution in [0.25, 0.3) is 11.0 Å². The summed E-state index contributed by atoms with van der Waals surface area (Å²) < 4.78 is 18.4. The number of nitrogens with one attached hydrogen (secondary N) is 1. The van der Waals surface area contributed by atoms with Crippen LogP contribution in [0.4, 0.5) is 4.39 Å². The summed E-state index contributed by atoms with van der Waals surface area (Å²) in [5, 5.41) is 3.90. The van der Waals surface area contributed by atoms with Crippen LogP contribution in [0.1, 0.15) is 19.4 Å². The lowest BCUT2D eigenvalue weighted by Crippen LogP contribution is -2.27. The number of rotatable bonds is 4. The molecule has 0 saturated heterocycles. The SMILES string of the molecule is CCNC(C)Cc1ccc2occ(F)c2c1.Cl. The van der Waals surface area contributed by atoms with Crippen LogP contribution in [0.5, 0.6) is 0 Å². The molecule has 1 aromatic heterocycles. The highest BCUT2D eigenvalue weighted by atomic mass is 35.5. The van der Waals surface area contributed by atoms with Crippen LogP contribution in [0.3, 0.4) is 0 Å². The van der Waals surface area contributed by atoms with Crippen LogP contribution in [-0.4, -0.2) is 12.6 Å². The fourth-order valence-electron chi connectivity index (χ4n) is 1.95. The Labute approximate surface area is 107 Å². The minimum Gasteiger partial charge on any atom is -0.461 e. The molecule has 0 radical (unpaired) electrons. The molecule has 0 aliphatic rings. The lowest BCUT2D eigenvalue weighted by molar-refractivity contribution is 0.558. The van der Waals surface area contributed by atoms with E-state index in [2.05, 4.69) is 19.2 Å². The highest BCUT2D eigenvalue weighted by Crippen LogP contribution is 2.21. The third kappa shape index (κ3) is 3.20. The highest BCUT2D eigenvalue weighted by molar-refractivity contribution is 5.85. The highest BCUT2D eigenvalue weighted by Gasteiger charge is 2.07. The first-order valence-corrected chi connectivity index (χ1v) is 5.59. The molecule has 2 nitrogen and oxygen atoms in total. The van der Waals surface area contributed by atoms with Crippen LogP contribution in [0, 0.1) is 5.82 Å². The van der Waals surface area contributed by atoms with Gasteiger partial charge < -0.3 is 9.73 Å². The molecule has 4 heteroatoms. The summed E-state index contributed by atoms with van der Waals surface area (Å²) in [5.41, 5.74) is 1.73. The van der Waals surface area contributed by atoms with Gasteiger partial charge in [-0.15, -0.1) is 12.4 Å². The van der Waals surface area contributed by atoms with E-state index in [1.165, 1.54) is 0 Å². The van der Waals surface area contributed by atoms with E-state index in [1.54, 1.807) is 0 Å². The van der Waals surface area contributed by atoms with Gasteiger partial charge in [-0.2, -0.15) is 0 Å².